The molecule has 3 nitrogen and oxygen atoms in total. The molecule has 0 saturated carbocycles. The Hall–Kier alpha value is -1.25. The average molecular weight is 150 g/mol. The Bertz CT molecular complexity index is 222. The van der Waals surface area contributed by atoms with Crippen LogP contribution in [-0.4, -0.2) is 18.6 Å². The van der Waals surface area contributed by atoms with Gasteiger partial charge in [0, 0.05) is 19.8 Å². The largest absolute Gasteiger partial charge is 0.369 e. The first-order valence-corrected chi connectivity index (χ1v) is 3.67. The maximum absolute atomic E-state index is 4.13. The fraction of sp³-hybridized carbons (Fsp3) is 0.375. The van der Waals surface area contributed by atoms with Gasteiger partial charge >= 0.3 is 0 Å². The summed E-state index contributed by atoms with van der Waals surface area (Å²) in [6.45, 7) is 2.91. The number of hydrogen-bond donors (Lipinski definition) is 1. The predicted octanol–water partition coefficient (Wildman–Crippen LogP) is 1.38. The molecule has 1 aromatic rings. The van der Waals surface area contributed by atoms with Crippen molar-refractivity contribution in [1.82, 2.24) is 10.3 Å². The Morgan fingerprint density at radius 2 is 2.45 bits per heavy atom. The van der Waals surface area contributed by atoms with Gasteiger partial charge in [-0.05, 0) is 19.1 Å². The van der Waals surface area contributed by atoms with Crippen LogP contribution in [0.2, 0.25) is 0 Å². The molecule has 0 aliphatic rings. The summed E-state index contributed by atoms with van der Waals surface area (Å²) in [5.74, 6) is 0.859. The van der Waals surface area contributed by atoms with E-state index < -0.39 is 0 Å². The minimum absolute atomic E-state index is 0.859. The first kappa shape index (κ1) is 7.85. The van der Waals surface area contributed by atoms with Gasteiger partial charge in [-0.2, -0.15) is 0 Å². The fourth-order valence-corrected chi connectivity index (χ4v) is 0.881. The highest BCUT2D eigenvalue weighted by Crippen LogP contribution is 2.15. The Balaban J connectivity index is 2.83. The van der Waals surface area contributed by atoms with Crippen LogP contribution >= 0.6 is 0 Å². The first-order valence-electron chi connectivity index (χ1n) is 3.67. The molecule has 0 spiro atoms. The molecule has 0 saturated heterocycles. The van der Waals surface area contributed by atoms with E-state index in [-0.39, 0.29) is 0 Å². The maximum Gasteiger partial charge on any atom is 0.151 e. The van der Waals surface area contributed by atoms with Crippen LogP contribution in [0.25, 0.3) is 0 Å². The maximum atomic E-state index is 4.13. The zero-order chi connectivity index (χ0) is 8.10. The van der Waals surface area contributed by atoms with Crippen LogP contribution in [0.15, 0.2) is 18.3 Å². The Kier molecular flexibility index (Phi) is 2.72. The number of aromatic nitrogens is 1. The zero-order valence-corrected chi connectivity index (χ0v) is 6.83. The molecule has 0 aromatic carbocycles. The van der Waals surface area contributed by atoms with Crippen LogP contribution in [0.1, 0.15) is 6.92 Å². The first-order chi connectivity index (χ1) is 5.38. The van der Waals surface area contributed by atoms with Gasteiger partial charge in [-0.25, -0.2) is 4.98 Å². The van der Waals surface area contributed by atoms with E-state index in [0.29, 0.717) is 0 Å². The van der Waals surface area contributed by atoms with Gasteiger partial charge in [-0.1, -0.05) is 0 Å². The molecular formula is C8H12N3. The highest BCUT2D eigenvalue weighted by atomic mass is 15.0. The topological polar surface area (TPSA) is 39.0 Å². The van der Waals surface area contributed by atoms with E-state index >= 15 is 0 Å². The minimum Gasteiger partial charge on any atom is -0.369 e. The summed E-state index contributed by atoms with van der Waals surface area (Å²) < 4.78 is 0. The van der Waals surface area contributed by atoms with Crippen LogP contribution in [0, 0.1) is 0 Å². The van der Waals surface area contributed by atoms with Crippen LogP contribution in [0.3, 0.4) is 0 Å². The van der Waals surface area contributed by atoms with Crippen LogP contribution in [0.5, 0.6) is 0 Å². The summed E-state index contributed by atoms with van der Waals surface area (Å²) in [5.41, 5.74) is 0.911. The van der Waals surface area contributed by atoms with Gasteiger partial charge in [0.05, 0.1) is 5.69 Å². The summed E-state index contributed by atoms with van der Waals surface area (Å²) in [4.78, 5) is 4.13. The van der Waals surface area contributed by atoms with E-state index in [1.54, 1.807) is 13.2 Å². The number of rotatable bonds is 3. The van der Waals surface area contributed by atoms with E-state index in [1.165, 1.54) is 0 Å². The van der Waals surface area contributed by atoms with Crippen molar-refractivity contribution in [3.8, 4) is 0 Å². The lowest BCUT2D eigenvalue weighted by Crippen LogP contribution is -2.02. The third kappa shape index (κ3) is 1.83. The van der Waals surface area contributed by atoms with Crippen molar-refractivity contribution in [2.24, 2.45) is 0 Å². The van der Waals surface area contributed by atoms with E-state index in [9.17, 15) is 0 Å². The molecular weight excluding hydrogens is 138 g/mol. The van der Waals surface area contributed by atoms with Gasteiger partial charge in [0.15, 0.2) is 5.82 Å². The van der Waals surface area contributed by atoms with Gasteiger partial charge in [0.25, 0.3) is 0 Å². The van der Waals surface area contributed by atoms with E-state index in [0.717, 1.165) is 18.1 Å². The van der Waals surface area contributed by atoms with Gasteiger partial charge in [0.1, 0.15) is 0 Å². The Labute approximate surface area is 66.8 Å². The molecule has 0 amide bonds. The molecule has 0 aliphatic heterocycles. The minimum atomic E-state index is 0.859. The fourth-order valence-electron chi connectivity index (χ4n) is 0.881. The summed E-state index contributed by atoms with van der Waals surface area (Å²) in [6, 6.07) is 3.81. The van der Waals surface area contributed by atoms with Crippen molar-refractivity contribution in [2.75, 3.05) is 18.9 Å². The molecule has 1 rings (SSSR count). The van der Waals surface area contributed by atoms with Gasteiger partial charge < -0.3 is 5.32 Å². The number of anilines is 1. The summed E-state index contributed by atoms with van der Waals surface area (Å²) >= 11 is 0. The number of nitrogens with zero attached hydrogens (tertiary/aromatic N) is 2. The molecule has 1 radical (unpaired) electrons. The Morgan fingerprint density at radius 1 is 1.64 bits per heavy atom. The van der Waals surface area contributed by atoms with Gasteiger partial charge in [0.2, 0.25) is 0 Å². The second-order valence-electron chi connectivity index (χ2n) is 2.13. The second-order valence-corrected chi connectivity index (χ2v) is 2.13. The lowest BCUT2D eigenvalue weighted by molar-refractivity contribution is 1.05. The van der Waals surface area contributed by atoms with Gasteiger partial charge in [-0.15, -0.1) is 0 Å². The summed E-state index contributed by atoms with van der Waals surface area (Å²) in [5, 5.41) is 7.19. The molecule has 1 aromatic heterocycles. The highest BCUT2D eigenvalue weighted by molar-refractivity contribution is 5.58. The second kappa shape index (κ2) is 3.81. The highest BCUT2D eigenvalue weighted by Gasteiger charge is 1.98. The predicted molar refractivity (Wildman–Crippen MR) is 46.1 cm³/mol. The molecule has 0 fully saturated rings. The van der Waals surface area contributed by atoms with Crippen molar-refractivity contribution < 1.29 is 0 Å². The van der Waals surface area contributed by atoms with Crippen LogP contribution in [0.4, 0.5) is 11.5 Å². The number of hydrogen-bond acceptors (Lipinski definition) is 2. The molecule has 11 heavy (non-hydrogen) atoms. The summed E-state index contributed by atoms with van der Waals surface area (Å²) in [6.07, 6.45) is 1.76. The number of pyridine rings is 1. The molecule has 3 heteroatoms. The monoisotopic (exact) mass is 150 g/mol. The van der Waals surface area contributed by atoms with Gasteiger partial charge in [-0.3, -0.25) is 5.32 Å². The SMILES string of the molecule is CCNc1ncccc1[N]C. The van der Waals surface area contributed by atoms with E-state index in [4.69, 9.17) is 0 Å². The van der Waals surface area contributed by atoms with E-state index in [1.807, 2.05) is 19.1 Å². The molecule has 59 valence electrons. The molecule has 0 bridgehead atoms. The summed E-state index contributed by atoms with van der Waals surface area (Å²) in [7, 11) is 1.76. The molecule has 1 heterocycles. The Morgan fingerprint density at radius 3 is 3.09 bits per heavy atom. The third-order valence-corrected chi connectivity index (χ3v) is 1.37. The number of nitrogens with one attached hydrogen (secondary N) is 1. The van der Waals surface area contributed by atoms with Crippen molar-refractivity contribution >= 4 is 11.5 Å². The average Bonchev–Trinajstić information content (AvgIpc) is 2.06. The van der Waals surface area contributed by atoms with Crippen molar-refractivity contribution in [3.63, 3.8) is 0 Å². The quantitative estimate of drug-likeness (QED) is 0.707. The van der Waals surface area contributed by atoms with Crippen molar-refractivity contribution in [2.45, 2.75) is 6.92 Å². The standard InChI is InChI=1S/C8H12N3/c1-3-10-8-7(9-2)5-4-6-11-8/h4-6H,3H2,1-2H3,(H,10,11). The molecule has 1 N–H and O–H groups in total. The van der Waals surface area contributed by atoms with E-state index in [2.05, 4.69) is 15.6 Å². The third-order valence-electron chi connectivity index (χ3n) is 1.37. The molecule has 0 unspecified atom stereocenters. The van der Waals surface area contributed by atoms with Crippen molar-refractivity contribution in [1.29, 1.82) is 0 Å². The normalized spacial score (nSPS) is 9.27. The van der Waals surface area contributed by atoms with Crippen molar-refractivity contribution in [3.05, 3.63) is 18.3 Å². The molecule has 0 aliphatic carbocycles. The lowest BCUT2D eigenvalue weighted by atomic mass is 10.4. The lowest BCUT2D eigenvalue weighted by Gasteiger charge is -2.05. The van der Waals surface area contributed by atoms with Crippen LogP contribution in [-0.2, 0) is 0 Å². The smallest absolute Gasteiger partial charge is 0.151 e. The zero-order valence-electron chi connectivity index (χ0n) is 6.83. The molecule has 0 atom stereocenters. The van der Waals surface area contributed by atoms with Crippen LogP contribution < -0.4 is 10.6 Å².